The van der Waals surface area contributed by atoms with Gasteiger partial charge in [0.15, 0.2) is 0 Å². The Bertz CT molecular complexity index is 147. The summed E-state index contributed by atoms with van der Waals surface area (Å²) in [4.78, 5) is 12.9. The quantitative estimate of drug-likeness (QED) is 0.599. The minimum atomic E-state index is 0.200. The summed E-state index contributed by atoms with van der Waals surface area (Å²) in [5.41, 5.74) is 0. The van der Waals surface area contributed by atoms with Crippen LogP contribution in [-0.2, 0) is 4.79 Å². The highest BCUT2D eigenvalue weighted by atomic mass is 16.1. The largest absolute Gasteiger partial charge is 0.303 e. The van der Waals surface area contributed by atoms with Gasteiger partial charge in [0.1, 0.15) is 6.29 Å². The van der Waals surface area contributed by atoms with E-state index >= 15 is 0 Å². The average molecular weight is 169 g/mol. The van der Waals surface area contributed by atoms with E-state index in [9.17, 15) is 4.79 Å². The normalized spacial score (nSPS) is 28.3. The molecule has 2 unspecified atom stereocenters. The van der Waals surface area contributed by atoms with E-state index in [2.05, 4.69) is 11.8 Å². The second kappa shape index (κ2) is 4.61. The van der Waals surface area contributed by atoms with Crippen molar-refractivity contribution in [1.29, 1.82) is 0 Å². The van der Waals surface area contributed by atoms with Crippen LogP contribution in [0.25, 0.3) is 0 Å². The van der Waals surface area contributed by atoms with E-state index in [1.165, 1.54) is 25.8 Å². The van der Waals surface area contributed by atoms with Gasteiger partial charge in [0, 0.05) is 18.5 Å². The van der Waals surface area contributed by atoms with Crippen molar-refractivity contribution in [3.8, 4) is 0 Å². The highest BCUT2D eigenvalue weighted by Crippen LogP contribution is 2.16. The first-order valence-corrected chi connectivity index (χ1v) is 4.93. The lowest BCUT2D eigenvalue weighted by atomic mass is 10.0. The molecular weight excluding hydrogens is 150 g/mol. The number of carbonyl (C=O) groups is 1. The van der Waals surface area contributed by atoms with Crippen LogP contribution in [0.1, 0.15) is 33.1 Å². The number of nitrogens with zero attached hydrogens (tertiary/aromatic N) is 1. The molecule has 1 fully saturated rings. The zero-order chi connectivity index (χ0) is 8.97. The molecule has 1 heterocycles. The van der Waals surface area contributed by atoms with Gasteiger partial charge in [-0.2, -0.15) is 0 Å². The third kappa shape index (κ3) is 2.59. The maximum Gasteiger partial charge on any atom is 0.124 e. The molecule has 1 aliphatic heterocycles. The van der Waals surface area contributed by atoms with Gasteiger partial charge in [0.25, 0.3) is 0 Å². The van der Waals surface area contributed by atoms with Gasteiger partial charge in [-0.1, -0.05) is 13.3 Å². The second-order valence-corrected chi connectivity index (χ2v) is 3.95. The fourth-order valence-electron chi connectivity index (χ4n) is 1.84. The van der Waals surface area contributed by atoms with Crippen LogP contribution in [0.2, 0.25) is 0 Å². The lowest BCUT2D eigenvalue weighted by Gasteiger charge is -2.34. The number of hydrogen-bond acceptors (Lipinski definition) is 2. The summed E-state index contributed by atoms with van der Waals surface area (Å²) in [6.07, 6.45) is 5.01. The maximum absolute atomic E-state index is 10.5. The molecule has 0 saturated carbocycles. The SMILES string of the molecule is CC(C=O)CN1CCCCC1C. The predicted octanol–water partition coefficient (Wildman–Crippen LogP) is 1.70. The van der Waals surface area contributed by atoms with Crippen LogP contribution < -0.4 is 0 Å². The third-order valence-electron chi connectivity index (χ3n) is 2.70. The van der Waals surface area contributed by atoms with Gasteiger partial charge in [-0.15, -0.1) is 0 Å². The van der Waals surface area contributed by atoms with Crippen molar-refractivity contribution in [3.63, 3.8) is 0 Å². The molecule has 0 N–H and O–H groups in total. The number of rotatable bonds is 3. The molecular formula is C10H19NO. The fraction of sp³-hybridized carbons (Fsp3) is 0.900. The Labute approximate surface area is 74.9 Å². The van der Waals surface area contributed by atoms with Crippen molar-refractivity contribution < 1.29 is 4.79 Å². The lowest BCUT2D eigenvalue weighted by Crippen LogP contribution is -2.40. The zero-order valence-corrected chi connectivity index (χ0v) is 8.12. The molecule has 0 amide bonds. The van der Waals surface area contributed by atoms with Gasteiger partial charge in [0.2, 0.25) is 0 Å². The summed E-state index contributed by atoms with van der Waals surface area (Å²) in [5, 5.41) is 0. The number of likely N-dealkylation sites (tertiary alicyclic amines) is 1. The summed E-state index contributed by atoms with van der Waals surface area (Å²) in [7, 11) is 0. The van der Waals surface area contributed by atoms with Gasteiger partial charge in [-0.25, -0.2) is 0 Å². The molecule has 70 valence electrons. The Hall–Kier alpha value is -0.370. The molecule has 0 aromatic heterocycles. The van der Waals surface area contributed by atoms with E-state index in [4.69, 9.17) is 0 Å². The molecule has 0 radical (unpaired) electrons. The van der Waals surface area contributed by atoms with Crippen LogP contribution in [0.3, 0.4) is 0 Å². The first-order chi connectivity index (χ1) is 5.74. The van der Waals surface area contributed by atoms with E-state index in [0.29, 0.717) is 6.04 Å². The van der Waals surface area contributed by atoms with Crippen molar-refractivity contribution in [2.75, 3.05) is 13.1 Å². The number of piperidine rings is 1. The van der Waals surface area contributed by atoms with Gasteiger partial charge in [0.05, 0.1) is 0 Å². The molecule has 0 aliphatic carbocycles. The van der Waals surface area contributed by atoms with Crippen LogP contribution in [0.15, 0.2) is 0 Å². The first-order valence-electron chi connectivity index (χ1n) is 4.93. The Morgan fingerprint density at radius 1 is 1.58 bits per heavy atom. The Kier molecular flexibility index (Phi) is 3.73. The van der Waals surface area contributed by atoms with Gasteiger partial charge in [-0.05, 0) is 26.3 Å². The van der Waals surface area contributed by atoms with E-state index in [-0.39, 0.29) is 5.92 Å². The van der Waals surface area contributed by atoms with Gasteiger partial charge in [-0.3, -0.25) is 4.90 Å². The van der Waals surface area contributed by atoms with E-state index in [0.717, 1.165) is 12.8 Å². The molecule has 2 atom stereocenters. The monoisotopic (exact) mass is 169 g/mol. The molecule has 0 aromatic carbocycles. The van der Waals surface area contributed by atoms with Crippen LogP contribution in [0.4, 0.5) is 0 Å². The lowest BCUT2D eigenvalue weighted by molar-refractivity contribution is -0.111. The van der Waals surface area contributed by atoms with Crippen molar-refractivity contribution in [1.82, 2.24) is 4.90 Å². The maximum atomic E-state index is 10.5. The second-order valence-electron chi connectivity index (χ2n) is 3.95. The van der Waals surface area contributed by atoms with Crippen molar-refractivity contribution >= 4 is 6.29 Å². The molecule has 12 heavy (non-hydrogen) atoms. The van der Waals surface area contributed by atoms with Gasteiger partial charge >= 0.3 is 0 Å². The van der Waals surface area contributed by atoms with Gasteiger partial charge < -0.3 is 4.79 Å². The summed E-state index contributed by atoms with van der Waals surface area (Å²) in [6.45, 7) is 6.38. The van der Waals surface area contributed by atoms with Crippen LogP contribution in [0, 0.1) is 5.92 Å². The van der Waals surface area contributed by atoms with Crippen LogP contribution in [0.5, 0.6) is 0 Å². The molecule has 0 bridgehead atoms. The summed E-state index contributed by atoms with van der Waals surface area (Å²) >= 11 is 0. The summed E-state index contributed by atoms with van der Waals surface area (Å²) in [5.74, 6) is 0.200. The number of carbonyl (C=O) groups excluding carboxylic acids is 1. The smallest absolute Gasteiger partial charge is 0.124 e. The van der Waals surface area contributed by atoms with Crippen molar-refractivity contribution in [2.45, 2.75) is 39.2 Å². The summed E-state index contributed by atoms with van der Waals surface area (Å²) < 4.78 is 0. The van der Waals surface area contributed by atoms with E-state index in [1.807, 2.05) is 6.92 Å². The number of hydrogen-bond donors (Lipinski definition) is 0. The van der Waals surface area contributed by atoms with Crippen LogP contribution in [-0.4, -0.2) is 30.3 Å². The van der Waals surface area contributed by atoms with E-state index in [1.54, 1.807) is 0 Å². The highest BCUT2D eigenvalue weighted by Gasteiger charge is 2.19. The molecule has 0 spiro atoms. The summed E-state index contributed by atoms with van der Waals surface area (Å²) in [6, 6.07) is 0.682. The standard InChI is InChI=1S/C10H19NO/c1-9(8-12)7-11-6-4-3-5-10(11)2/h8-10H,3-7H2,1-2H3. The minimum absolute atomic E-state index is 0.200. The van der Waals surface area contributed by atoms with Crippen molar-refractivity contribution in [2.24, 2.45) is 5.92 Å². The topological polar surface area (TPSA) is 20.3 Å². The molecule has 0 aromatic rings. The number of aldehydes is 1. The molecule has 1 rings (SSSR count). The Morgan fingerprint density at radius 3 is 2.92 bits per heavy atom. The Morgan fingerprint density at radius 2 is 2.33 bits per heavy atom. The van der Waals surface area contributed by atoms with Crippen molar-refractivity contribution in [3.05, 3.63) is 0 Å². The zero-order valence-electron chi connectivity index (χ0n) is 8.12. The highest BCUT2D eigenvalue weighted by molar-refractivity contribution is 5.53. The first kappa shape index (κ1) is 9.72. The minimum Gasteiger partial charge on any atom is -0.303 e. The molecule has 1 saturated heterocycles. The Balaban J connectivity index is 2.33. The van der Waals surface area contributed by atoms with E-state index < -0.39 is 0 Å². The molecule has 1 aliphatic rings. The third-order valence-corrected chi connectivity index (χ3v) is 2.70. The average Bonchev–Trinajstić information content (AvgIpc) is 2.09. The fourth-order valence-corrected chi connectivity index (χ4v) is 1.84. The molecule has 2 heteroatoms. The van der Waals surface area contributed by atoms with Crippen LogP contribution >= 0.6 is 0 Å². The molecule has 2 nitrogen and oxygen atoms in total. The predicted molar refractivity (Wildman–Crippen MR) is 50.1 cm³/mol.